The maximum Gasteiger partial charge on any atom is 0.224 e. The lowest BCUT2D eigenvalue weighted by molar-refractivity contribution is -0.137. The standard InChI is InChI=1S/C20H26N2O.C4H8O.CH4.H2/c1-12-5-4-6-16-15(12)7-8-17(16)20(2,3)22-19(23)18-13-9-14(18)11-21-10-13;1-4(2)3-5;;/h4-8,13-14,16,18,21H,9-11H2,1-3H3,(H,22,23);3-4H,1-2H3;1H4;1H. The first-order valence-electron chi connectivity index (χ1n) is 10.5. The maximum absolute atomic E-state index is 12.8. The number of carbonyl (C=O) groups is 2. The molecule has 0 spiro atoms. The summed E-state index contributed by atoms with van der Waals surface area (Å²) in [5.74, 6) is 2.06. The second-order valence-corrected chi connectivity index (χ2v) is 9.39. The monoisotopic (exact) mass is 400 g/mol. The van der Waals surface area contributed by atoms with Gasteiger partial charge in [-0.05, 0) is 68.8 Å². The summed E-state index contributed by atoms with van der Waals surface area (Å²) < 4.78 is 0. The lowest BCUT2D eigenvalue weighted by Gasteiger charge is -2.49. The van der Waals surface area contributed by atoms with Crippen LogP contribution in [0.25, 0.3) is 0 Å². The van der Waals surface area contributed by atoms with Gasteiger partial charge in [0, 0.05) is 19.2 Å². The van der Waals surface area contributed by atoms with Gasteiger partial charge in [0.05, 0.1) is 5.54 Å². The number of piperidine rings is 2. The van der Waals surface area contributed by atoms with E-state index in [1.54, 1.807) is 0 Å². The first kappa shape index (κ1) is 23.3. The Bertz CT molecular complexity index is 747. The average molecular weight is 401 g/mol. The highest BCUT2D eigenvalue weighted by molar-refractivity contribution is 5.82. The van der Waals surface area contributed by atoms with Crippen molar-refractivity contribution in [1.29, 1.82) is 0 Å². The van der Waals surface area contributed by atoms with Crippen LogP contribution in [0.2, 0.25) is 0 Å². The SMILES string of the molecule is C.CC(C)C=O.CC1=CC=CC2C1=CC=C2C(C)(C)NC(=O)C1C2CNCC1C2.[HH]. The van der Waals surface area contributed by atoms with Gasteiger partial charge in [0.25, 0.3) is 0 Å². The summed E-state index contributed by atoms with van der Waals surface area (Å²) in [6.07, 6.45) is 13.1. The molecule has 0 aromatic carbocycles. The second-order valence-electron chi connectivity index (χ2n) is 9.39. The Balaban J connectivity index is 0.000000581. The summed E-state index contributed by atoms with van der Waals surface area (Å²) in [7, 11) is 0. The fraction of sp³-hybridized carbons (Fsp3) is 0.600. The quantitative estimate of drug-likeness (QED) is 0.685. The van der Waals surface area contributed by atoms with Gasteiger partial charge in [0.15, 0.2) is 0 Å². The summed E-state index contributed by atoms with van der Waals surface area (Å²) in [5, 5.41) is 6.77. The Labute approximate surface area is 178 Å². The van der Waals surface area contributed by atoms with Crippen molar-refractivity contribution in [1.82, 2.24) is 10.6 Å². The Hall–Kier alpha value is -1.94. The van der Waals surface area contributed by atoms with Gasteiger partial charge in [0.2, 0.25) is 5.91 Å². The first-order chi connectivity index (χ1) is 13.2. The minimum Gasteiger partial charge on any atom is -0.347 e. The predicted octanol–water partition coefficient (Wildman–Crippen LogP) is 4.46. The smallest absolute Gasteiger partial charge is 0.224 e. The van der Waals surface area contributed by atoms with Gasteiger partial charge in [-0.25, -0.2) is 0 Å². The third kappa shape index (κ3) is 4.80. The van der Waals surface area contributed by atoms with Crippen LogP contribution < -0.4 is 10.6 Å². The van der Waals surface area contributed by atoms with E-state index >= 15 is 0 Å². The van der Waals surface area contributed by atoms with Crippen molar-refractivity contribution < 1.29 is 11.0 Å². The summed E-state index contributed by atoms with van der Waals surface area (Å²) in [5.41, 5.74) is 3.69. The van der Waals surface area contributed by atoms with Crippen LogP contribution in [-0.4, -0.2) is 30.8 Å². The van der Waals surface area contributed by atoms with Crippen LogP contribution in [0.1, 0.15) is 49.9 Å². The van der Waals surface area contributed by atoms with E-state index in [9.17, 15) is 9.59 Å². The lowest BCUT2D eigenvalue weighted by atomic mass is 9.61. The van der Waals surface area contributed by atoms with Crippen LogP contribution in [0.5, 0.6) is 0 Å². The number of hydrogen-bond acceptors (Lipinski definition) is 3. The highest BCUT2D eigenvalue weighted by Gasteiger charge is 2.49. The van der Waals surface area contributed by atoms with Gasteiger partial charge in [-0.15, -0.1) is 0 Å². The molecule has 2 fully saturated rings. The molecule has 3 aliphatic carbocycles. The van der Waals surface area contributed by atoms with Crippen molar-refractivity contribution in [2.24, 2.45) is 29.6 Å². The number of nitrogens with one attached hydrogen (secondary N) is 2. The Morgan fingerprint density at radius 3 is 2.41 bits per heavy atom. The van der Waals surface area contributed by atoms with Gasteiger partial charge in [0.1, 0.15) is 6.29 Å². The minimum atomic E-state index is -0.306. The number of hydrogen-bond donors (Lipinski definition) is 2. The fourth-order valence-electron chi connectivity index (χ4n) is 4.78. The molecule has 29 heavy (non-hydrogen) atoms. The second kappa shape index (κ2) is 9.25. The summed E-state index contributed by atoms with van der Waals surface area (Å²) in [4.78, 5) is 22.3. The minimum absolute atomic E-state index is 0. The molecule has 1 saturated heterocycles. The van der Waals surface area contributed by atoms with E-state index in [1.807, 2.05) is 13.8 Å². The molecule has 162 valence electrons. The Morgan fingerprint density at radius 1 is 1.24 bits per heavy atom. The van der Waals surface area contributed by atoms with E-state index in [-0.39, 0.29) is 32.1 Å². The van der Waals surface area contributed by atoms with E-state index in [4.69, 9.17) is 0 Å². The molecule has 1 amide bonds. The van der Waals surface area contributed by atoms with Gasteiger partial charge < -0.3 is 15.4 Å². The molecule has 0 radical (unpaired) electrons. The third-order valence-electron chi connectivity index (χ3n) is 6.38. The third-order valence-corrected chi connectivity index (χ3v) is 6.38. The highest BCUT2D eigenvalue weighted by atomic mass is 16.2. The lowest BCUT2D eigenvalue weighted by Crippen LogP contribution is -2.61. The molecule has 3 unspecified atom stereocenters. The van der Waals surface area contributed by atoms with Crippen LogP contribution in [0.3, 0.4) is 0 Å². The number of carbonyl (C=O) groups excluding carboxylic acids is 2. The van der Waals surface area contributed by atoms with E-state index in [0.717, 1.165) is 19.4 Å². The zero-order chi connectivity index (χ0) is 20.5. The molecule has 1 saturated carbocycles. The van der Waals surface area contributed by atoms with Crippen molar-refractivity contribution in [3.05, 3.63) is 47.1 Å². The van der Waals surface area contributed by atoms with E-state index in [2.05, 4.69) is 61.8 Å². The molecule has 1 heterocycles. The molecule has 1 aliphatic heterocycles. The zero-order valence-corrected chi connectivity index (χ0v) is 17.8. The Kier molecular flexibility index (Phi) is 7.45. The topological polar surface area (TPSA) is 58.2 Å². The molecule has 3 atom stereocenters. The predicted molar refractivity (Wildman–Crippen MR) is 122 cm³/mol. The summed E-state index contributed by atoms with van der Waals surface area (Å²) in [6, 6.07) is 0. The van der Waals surface area contributed by atoms with Gasteiger partial charge in [-0.3, -0.25) is 4.79 Å². The molecule has 0 aromatic rings. The molecular formula is C25H40N2O2. The Morgan fingerprint density at radius 2 is 1.86 bits per heavy atom. The molecule has 4 aliphatic rings. The molecular weight excluding hydrogens is 360 g/mol. The van der Waals surface area contributed by atoms with Crippen molar-refractivity contribution in [3.8, 4) is 0 Å². The molecule has 2 N–H and O–H groups in total. The van der Waals surface area contributed by atoms with Crippen LogP contribution >= 0.6 is 0 Å². The molecule has 4 rings (SSSR count). The number of rotatable bonds is 4. The van der Waals surface area contributed by atoms with Crippen LogP contribution in [0, 0.1) is 29.6 Å². The van der Waals surface area contributed by atoms with Crippen molar-refractivity contribution in [2.75, 3.05) is 13.1 Å². The van der Waals surface area contributed by atoms with Crippen molar-refractivity contribution >= 4 is 12.2 Å². The summed E-state index contributed by atoms with van der Waals surface area (Å²) in [6.45, 7) is 12.1. The normalized spacial score (nSPS) is 29.1. The van der Waals surface area contributed by atoms with E-state index in [1.165, 1.54) is 23.1 Å². The maximum atomic E-state index is 12.8. The van der Waals surface area contributed by atoms with E-state index < -0.39 is 0 Å². The molecule has 0 aromatic heterocycles. The van der Waals surface area contributed by atoms with Gasteiger partial charge in [-0.1, -0.05) is 51.7 Å². The first-order valence-corrected chi connectivity index (χ1v) is 10.5. The molecule has 4 nitrogen and oxygen atoms in total. The van der Waals surface area contributed by atoms with Crippen LogP contribution in [-0.2, 0) is 9.59 Å². The number of aldehydes is 1. The summed E-state index contributed by atoms with van der Waals surface area (Å²) >= 11 is 0. The zero-order valence-electron chi connectivity index (χ0n) is 17.8. The number of amides is 1. The largest absolute Gasteiger partial charge is 0.347 e. The van der Waals surface area contributed by atoms with Gasteiger partial charge in [-0.2, -0.15) is 0 Å². The molecule has 4 heteroatoms. The highest BCUT2D eigenvalue weighted by Crippen LogP contribution is 2.44. The van der Waals surface area contributed by atoms with Crippen LogP contribution in [0.4, 0.5) is 0 Å². The fourth-order valence-corrected chi connectivity index (χ4v) is 4.78. The number of allylic oxidation sites excluding steroid dienone is 7. The number of fused-ring (bicyclic) bond motifs is 3. The van der Waals surface area contributed by atoms with E-state index in [0.29, 0.717) is 17.8 Å². The van der Waals surface area contributed by atoms with Gasteiger partial charge >= 0.3 is 0 Å². The van der Waals surface area contributed by atoms with Crippen molar-refractivity contribution in [3.63, 3.8) is 0 Å². The van der Waals surface area contributed by atoms with Crippen LogP contribution in [0.15, 0.2) is 47.1 Å². The van der Waals surface area contributed by atoms with Crippen molar-refractivity contribution in [2.45, 2.75) is 54.0 Å². The molecule has 2 bridgehead atoms. The average Bonchev–Trinajstić information content (AvgIpc) is 3.08.